The summed E-state index contributed by atoms with van der Waals surface area (Å²) in [5.41, 5.74) is 1.06. The molecule has 0 saturated carbocycles. The Hall–Kier alpha value is -0.910. The first kappa shape index (κ1) is 13.5. The van der Waals surface area contributed by atoms with Gasteiger partial charge in [0.25, 0.3) is 0 Å². The highest BCUT2D eigenvalue weighted by Crippen LogP contribution is 2.16. The quantitative estimate of drug-likeness (QED) is 0.840. The van der Waals surface area contributed by atoms with Crippen molar-refractivity contribution in [3.8, 4) is 0 Å². The van der Waals surface area contributed by atoms with Crippen molar-refractivity contribution in [3.05, 3.63) is 35.9 Å². The maximum atomic E-state index is 12.0. The average Bonchev–Trinajstić information content (AvgIpc) is 2.81. The Bertz CT molecular complexity index is 467. The second-order valence-electron chi connectivity index (χ2n) is 4.90. The molecule has 2 atom stereocenters. The third kappa shape index (κ3) is 3.80. The predicted octanol–water partition coefficient (Wildman–Crippen LogP) is 1.07. The maximum Gasteiger partial charge on any atom is 0.212 e. The van der Waals surface area contributed by atoms with Crippen LogP contribution in [0.3, 0.4) is 0 Å². The van der Waals surface area contributed by atoms with Gasteiger partial charge in [-0.05, 0) is 24.4 Å². The molecule has 0 aromatic heterocycles. The van der Waals surface area contributed by atoms with Crippen molar-refractivity contribution in [2.75, 3.05) is 18.8 Å². The smallest absolute Gasteiger partial charge is 0.212 e. The molecule has 18 heavy (non-hydrogen) atoms. The van der Waals surface area contributed by atoms with Gasteiger partial charge in [0.2, 0.25) is 10.0 Å². The summed E-state index contributed by atoms with van der Waals surface area (Å²) >= 11 is 0. The molecular formula is C13H20N2O2S. The number of rotatable bonds is 5. The van der Waals surface area contributed by atoms with Gasteiger partial charge in [0, 0.05) is 12.6 Å². The van der Waals surface area contributed by atoms with Crippen molar-refractivity contribution in [3.63, 3.8) is 0 Å². The summed E-state index contributed by atoms with van der Waals surface area (Å²) in [6.07, 6.45) is 0.874. The zero-order valence-electron chi connectivity index (χ0n) is 10.6. The summed E-state index contributed by atoms with van der Waals surface area (Å²) in [6.45, 7) is 3.57. The number of hydrogen-bond donors (Lipinski definition) is 2. The Balaban J connectivity index is 1.95. The number of hydrogen-bond acceptors (Lipinski definition) is 3. The summed E-state index contributed by atoms with van der Waals surface area (Å²) in [5, 5.41) is 3.15. The first-order chi connectivity index (χ1) is 8.57. The second-order valence-corrected chi connectivity index (χ2v) is 6.70. The van der Waals surface area contributed by atoms with E-state index < -0.39 is 10.0 Å². The van der Waals surface area contributed by atoms with Crippen molar-refractivity contribution >= 4 is 10.0 Å². The summed E-state index contributed by atoms with van der Waals surface area (Å²) in [7, 11) is -3.20. The molecule has 0 spiro atoms. The van der Waals surface area contributed by atoms with Crippen LogP contribution in [0.4, 0.5) is 0 Å². The van der Waals surface area contributed by atoms with Gasteiger partial charge >= 0.3 is 0 Å². The van der Waals surface area contributed by atoms with Crippen molar-refractivity contribution in [1.29, 1.82) is 0 Å². The molecule has 1 unspecified atom stereocenters. The van der Waals surface area contributed by atoms with Gasteiger partial charge < -0.3 is 5.32 Å². The highest BCUT2D eigenvalue weighted by atomic mass is 32.2. The molecule has 1 aliphatic heterocycles. The summed E-state index contributed by atoms with van der Waals surface area (Å²) in [5.74, 6) is 0.158. The maximum absolute atomic E-state index is 12.0. The van der Waals surface area contributed by atoms with Crippen LogP contribution in [-0.4, -0.2) is 33.3 Å². The molecule has 2 N–H and O–H groups in total. The van der Waals surface area contributed by atoms with E-state index in [9.17, 15) is 8.42 Å². The van der Waals surface area contributed by atoms with Crippen LogP contribution in [0.25, 0.3) is 0 Å². The van der Waals surface area contributed by atoms with Crippen LogP contribution in [0, 0.1) is 0 Å². The van der Waals surface area contributed by atoms with E-state index in [0.29, 0.717) is 0 Å². The van der Waals surface area contributed by atoms with E-state index in [1.165, 1.54) is 0 Å². The minimum absolute atomic E-state index is 0.0121. The van der Waals surface area contributed by atoms with E-state index in [-0.39, 0.29) is 17.7 Å². The fourth-order valence-corrected chi connectivity index (χ4v) is 3.92. The lowest BCUT2D eigenvalue weighted by atomic mass is 10.0. The van der Waals surface area contributed by atoms with E-state index in [1.807, 2.05) is 37.3 Å². The van der Waals surface area contributed by atoms with Gasteiger partial charge in [0.15, 0.2) is 0 Å². The molecule has 2 rings (SSSR count). The highest BCUT2D eigenvalue weighted by molar-refractivity contribution is 7.89. The minimum Gasteiger partial charge on any atom is -0.315 e. The van der Waals surface area contributed by atoms with Gasteiger partial charge in [-0.2, -0.15) is 0 Å². The van der Waals surface area contributed by atoms with Crippen LogP contribution in [-0.2, 0) is 10.0 Å². The predicted molar refractivity (Wildman–Crippen MR) is 73.1 cm³/mol. The fraction of sp³-hybridized carbons (Fsp3) is 0.538. The van der Waals surface area contributed by atoms with Crippen LogP contribution >= 0.6 is 0 Å². The molecule has 1 aromatic rings. The van der Waals surface area contributed by atoms with Gasteiger partial charge in [0.1, 0.15) is 0 Å². The first-order valence-corrected chi connectivity index (χ1v) is 7.98. The van der Waals surface area contributed by atoms with E-state index in [1.54, 1.807) is 0 Å². The van der Waals surface area contributed by atoms with E-state index >= 15 is 0 Å². The highest BCUT2D eigenvalue weighted by Gasteiger charge is 2.23. The van der Waals surface area contributed by atoms with Gasteiger partial charge in [-0.25, -0.2) is 13.1 Å². The van der Waals surface area contributed by atoms with Crippen molar-refractivity contribution in [2.24, 2.45) is 0 Å². The molecule has 0 radical (unpaired) electrons. The molecule has 1 heterocycles. The number of nitrogens with one attached hydrogen (secondary N) is 2. The zero-order valence-corrected chi connectivity index (χ0v) is 11.4. The van der Waals surface area contributed by atoms with Crippen LogP contribution in [0.2, 0.25) is 0 Å². The molecule has 0 amide bonds. The second kappa shape index (κ2) is 5.82. The third-order valence-electron chi connectivity index (χ3n) is 3.24. The van der Waals surface area contributed by atoms with Crippen molar-refractivity contribution in [2.45, 2.75) is 25.3 Å². The average molecular weight is 268 g/mol. The van der Waals surface area contributed by atoms with Crippen LogP contribution in [0.5, 0.6) is 0 Å². The normalized spacial score (nSPS) is 21.9. The van der Waals surface area contributed by atoms with E-state index in [4.69, 9.17) is 0 Å². The molecule has 100 valence electrons. The van der Waals surface area contributed by atoms with Crippen molar-refractivity contribution in [1.82, 2.24) is 10.0 Å². The summed E-state index contributed by atoms with van der Waals surface area (Å²) in [6, 6.07) is 9.80. The Kier molecular flexibility index (Phi) is 4.37. The minimum atomic E-state index is -3.20. The summed E-state index contributed by atoms with van der Waals surface area (Å²) in [4.78, 5) is 0. The fourth-order valence-electron chi connectivity index (χ4n) is 2.26. The third-order valence-corrected chi connectivity index (χ3v) is 4.88. The van der Waals surface area contributed by atoms with Gasteiger partial charge in [-0.15, -0.1) is 0 Å². The largest absolute Gasteiger partial charge is 0.315 e. The Morgan fingerprint density at radius 1 is 1.39 bits per heavy atom. The molecule has 0 aliphatic carbocycles. The van der Waals surface area contributed by atoms with Gasteiger partial charge in [-0.1, -0.05) is 37.3 Å². The lowest BCUT2D eigenvalue weighted by Gasteiger charge is -2.16. The lowest BCUT2D eigenvalue weighted by Crippen LogP contribution is -2.38. The lowest BCUT2D eigenvalue weighted by molar-refractivity contribution is 0.555. The van der Waals surface area contributed by atoms with Crippen LogP contribution < -0.4 is 10.0 Å². The molecular weight excluding hydrogens is 248 g/mol. The van der Waals surface area contributed by atoms with Crippen molar-refractivity contribution < 1.29 is 8.42 Å². The molecule has 5 heteroatoms. The monoisotopic (exact) mass is 268 g/mol. The van der Waals surface area contributed by atoms with Gasteiger partial charge in [0.05, 0.1) is 5.75 Å². The zero-order chi connectivity index (χ0) is 13.0. The van der Waals surface area contributed by atoms with E-state index in [2.05, 4.69) is 10.0 Å². The van der Waals surface area contributed by atoms with Crippen LogP contribution in [0.1, 0.15) is 24.8 Å². The Labute approximate surface area is 109 Å². The molecule has 1 fully saturated rings. The Morgan fingerprint density at radius 3 is 2.72 bits per heavy atom. The van der Waals surface area contributed by atoms with Gasteiger partial charge in [-0.3, -0.25) is 0 Å². The molecule has 1 aromatic carbocycles. The molecule has 1 saturated heterocycles. The van der Waals surface area contributed by atoms with E-state index in [0.717, 1.165) is 25.1 Å². The SMILES string of the molecule is CC(CS(=O)(=O)N[C@H]1CCNC1)c1ccccc1. The number of benzene rings is 1. The standard InChI is InChI=1S/C13H20N2O2S/c1-11(12-5-3-2-4-6-12)10-18(16,17)15-13-7-8-14-9-13/h2-6,11,13-15H,7-10H2,1H3/t11?,13-/m0/s1. The molecule has 1 aliphatic rings. The first-order valence-electron chi connectivity index (χ1n) is 6.32. The topological polar surface area (TPSA) is 58.2 Å². The molecule has 0 bridgehead atoms. The molecule has 4 nitrogen and oxygen atoms in total. The number of sulfonamides is 1. The summed E-state index contributed by atoms with van der Waals surface area (Å²) < 4.78 is 26.8. The van der Waals surface area contributed by atoms with Crippen LogP contribution in [0.15, 0.2) is 30.3 Å². The Morgan fingerprint density at radius 2 is 2.11 bits per heavy atom.